The Hall–Kier alpha value is -3.34. The quantitative estimate of drug-likeness (QED) is 0.499. The lowest BCUT2D eigenvalue weighted by atomic mass is 10.2. The molecular weight excluding hydrogens is 459 g/mol. The third-order valence-corrected chi connectivity index (χ3v) is 6.36. The van der Waals surface area contributed by atoms with E-state index in [4.69, 9.17) is 5.73 Å². The van der Waals surface area contributed by atoms with Crippen molar-refractivity contribution < 1.29 is 31.2 Å². The lowest BCUT2D eigenvalue weighted by molar-refractivity contribution is -0.137. The minimum Gasteiger partial charge on any atom is -0.370 e. The smallest absolute Gasteiger partial charge is 0.370 e. The SMILES string of the molecule is CCCC(=O)n1c(CCC(N)=O)cc2cc(NS(=O)(=O)c3ccc(C(F)(F)F)cc3)ccc21. The molecule has 3 N–H and O–H groups in total. The van der Waals surface area contributed by atoms with Crippen LogP contribution in [0.2, 0.25) is 0 Å². The largest absolute Gasteiger partial charge is 0.416 e. The fourth-order valence-electron chi connectivity index (χ4n) is 3.43. The van der Waals surface area contributed by atoms with Crippen molar-refractivity contribution in [3.63, 3.8) is 0 Å². The van der Waals surface area contributed by atoms with Crippen LogP contribution in [-0.4, -0.2) is 24.8 Å². The summed E-state index contributed by atoms with van der Waals surface area (Å²) in [5.74, 6) is -0.676. The number of hydrogen-bond acceptors (Lipinski definition) is 4. The molecule has 0 radical (unpaired) electrons. The molecule has 176 valence electrons. The van der Waals surface area contributed by atoms with Gasteiger partial charge in [-0.1, -0.05) is 6.92 Å². The molecule has 0 fully saturated rings. The summed E-state index contributed by atoms with van der Waals surface area (Å²) in [4.78, 5) is 23.5. The number of alkyl halides is 3. The van der Waals surface area contributed by atoms with Gasteiger partial charge < -0.3 is 5.73 Å². The van der Waals surface area contributed by atoms with Gasteiger partial charge in [-0.15, -0.1) is 0 Å². The van der Waals surface area contributed by atoms with E-state index >= 15 is 0 Å². The number of carbonyl (C=O) groups is 2. The van der Waals surface area contributed by atoms with E-state index in [0.717, 1.165) is 12.1 Å². The van der Waals surface area contributed by atoms with Crippen LogP contribution in [0.3, 0.4) is 0 Å². The number of aromatic nitrogens is 1. The third kappa shape index (κ3) is 5.54. The number of sulfonamides is 1. The van der Waals surface area contributed by atoms with Crippen LogP contribution < -0.4 is 10.5 Å². The normalized spacial score (nSPS) is 12.1. The zero-order chi connectivity index (χ0) is 24.4. The van der Waals surface area contributed by atoms with Crippen molar-refractivity contribution in [1.82, 2.24) is 4.57 Å². The van der Waals surface area contributed by atoms with Gasteiger partial charge in [0.15, 0.2) is 0 Å². The van der Waals surface area contributed by atoms with Crippen LogP contribution in [0.5, 0.6) is 0 Å². The molecule has 0 saturated carbocycles. The first-order valence-corrected chi connectivity index (χ1v) is 11.6. The highest BCUT2D eigenvalue weighted by molar-refractivity contribution is 7.92. The molecule has 3 aromatic rings. The number of carbonyl (C=O) groups excluding carboxylic acids is 2. The standard InChI is InChI=1S/C22H22F3N3O4S/c1-2-3-21(30)28-17(7-11-20(26)29)13-14-12-16(6-10-19(14)28)27-33(31,32)18-8-4-15(5-9-18)22(23,24)25/h4-6,8-10,12-13,27H,2-3,7,11H2,1H3,(H2,26,29). The topological polar surface area (TPSA) is 111 Å². The fraction of sp³-hybridized carbons (Fsp3) is 0.273. The van der Waals surface area contributed by atoms with E-state index in [1.165, 1.54) is 16.7 Å². The number of nitrogens with zero attached hydrogens (tertiary/aromatic N) is 1. The number of benzene rings is 2. The van der Waals surface area contributed by atoms with Crippen molar-refractivity contribution in [3.8, 4) is 0 Å². The molecule has 2 aromatic carbocycles. The highest BCUT2D eigenvalue weighted by Crippen LogP contribution is 2.30. The van der Waals surface area contributed by atoms with Crippen LogP contribution in [0, 0.1) is 0 Å². The molecular formula is C22H22F3N3O4S. The van der Waals surface area contributed by atoms with Gasteiger partial charge in [0.1, 0.15) is 0 Å². The second-order valence-corrected chi connectivity index (χ2v) is 9.16. The highest BCUT2D eigenvalue weighted by atomic mass is 32.2. The Morgan fingerprint density at radius 3 is 2.27 bits per heavy atom. The van der Waals surface area contributed by atoms with Crippen molar-refractivity contribution in [1.29, 1.82) is 0 Å². The summed E-state index contributed by atoms with van der Waals surface area (Å²) in [5, 5.41) is 0.562. The number of hydrogen-bond donors (Lipinski definition) is 2. The number of primary amides is 1. The molecule has 0 unspecified atom stereocenters. The van der Waals surface area contributed by atoms with E-state index < -0.39 is 27.7 Å². The number of nitrogens with one attached hydrogen (secondary N) is 1. The number of amides is 1. The summed E-state index contributed by atoms with van der Waals surface area (Å²) in [6.07, 6.45) is -3.38. The molecule has 0 aliphatic carbocycles. The fourth-order valence-corrected chi connectivity index (χ4v) is 4.48. The minimum atomic E-state index is -4.57. The van der Waals surface area contributed by atoms with Crippen LogP contribution in [-0.2, 0) is 27.4 Å². The number of halogens is 3. The molecule has 0 aliphatic rings. The van der Waals surface area contributed by atoms with Crippen LogP contribution >= 0.6 is 0 Å². The maximum Gasteiger partial charge on any atom is 0.416 e. The molecule has 0 bridgehead atoms. The zero-order valence-corrected chi connectivity index (χ0v) is 18.5. The Labute approximate surface area is 188 Å². The van der Waals surface area contributed by atoms with E-state index in [2.05, 4.69) is 4.72 Å². The Bertz CT molecular complexity index is 1300. The highest BCUT2D eigenvalue weighted by Gasteiger charge is 2.30. The molecule has 1 aromatic heterocycles. The average molecular weight is 481 g/mol. The van der Waals surface area contributed by atoms with Crippen LogP contribution in [0.25, 0.3) is 10.9 Å². The van der Waals surface area contributed by atoms with Gasteiger partial charge in [-0.05, 0) is 61.4 Å². The van der Waals surface area contributed by atoms with Crippen molar-refractivity contribution >= 4 is 38.4 Å². The molecule has 3 rings (SSSR count). The van der Waals surface area contributed by atoms with Gasteiger partial charge in [0.05, 0.1) is 16.0 Å². The predicted octanol–water partition coefficient (Wildman–Crippen LogP) is 4.32. The van der Waals surface area contributed by atoms with Gasteiger partial charge in [0.25, 0.3) is 10.0 Å². The van der Waals surface area contributed by atoms with Crippen LogP contribution in [0.1, 0.15) is 42.2 Å². The first-order valence-electron chi connectivity index (χ1n) is 10.1. The van der Waals surface area contributed by atoms with Crippen LogP contribution in [0.15, 0.2) is 53.4 Å². The molecule has 7 nitrogen and oxygen atoms in total. The summed E-state index contributed by atoms with van der Waals surface area (Å²) < 4.78 is 67.3. The van der Waals surface area contributed by atoms with E-state index in [9.17, 15) is 31.2 Å². The second kappa shape index (κ2) is 9.26. The van der Waals surface area contributed by atoms with Gasteiger partial charge in [0, 0.05) is 29.6 Å². The first-order chi connectivity index (χ1) is 15.4. The number of nitrogens with two attached hydrogens (primary N) is 1. The maximum absolute atomic E-state index is 12.7. The molecule has 1 amide bonds. The number of anilines is 1. The molecule has 0 saturated heterocycles. The van der Waals surface area contributed by atoms with Crippen molar-refractivity contribution in [2.75, 3.05) is 4.72 Å². The summed E-state index contributed by atoms with van der Waals surface area (Å²) in [5.41, 5.74) is 5.57. The van der Waals surface area contributed by atoms with E-state index in [1.807, 2.05) is 6.92 Å². The number of fused-ring (bicyclic) bond motifs is 1. The molecule has 0 aliphatic heterocycles. The third-order valence-electron chi connectivity index (χ3n) is 4.96. The Balaban J connectivity index is 1.94. The lowest BCUT2D eigenvalue weighted by Crippen LogP contribution is -2.16. The van der Waals surface area contributed by atoms with E-state index in [-0.39, 0.29) is 35.8 Å². The molecule has 11 heteroatoms. The van der Waals surface area contributed by atoms with E-state index in [0.29, 0.717) is 35.2 Å². The van der Waals surface area contributed by atoms with Crippen molar-refractivity contribution in [2.45, 2.75) is 43.7 Å². The molecule has 0 spiro atoms. The minimum absolute atomic E-state index is 0.0448. The zero-order valence-electron chi connectivity index (χ0n) is 17.6. The summed E-state index contributed by atoms with van der Waals surface area (Å²) in [6, 6.07) is 9.38. The van der Waals surface area contributed by atoms with Gasteiger partial charge in [0.2, 0.25) is 11.8 Å². The molecule has 0 atom stereocenters. The summed E-state index contributed by atoms with van der Waals surface area (Å²) in [6.45, 7) is 1.86. The average Bonchev–Trinajstić information content (AvgIpc) is 3.09. The van der Waals surface area contributed by atoms with Crippen molar-refractivity contribution in [2.24, 2.45) is 5.73 Å². The van der Waals surface area contributed by atoms with Gasteiger partial charge in [-0.3, -0.25) is 18.9 Å². The predicted molar refractivity (Wildman–Crippen MR) is 117 cm³/mol. The van der Waals surface area contributed by atoms with Gasteiger partial charge in [-0.2, -0.15) is 13.2 Å². The number of rotatable bonds is 8. The molecule has 33 heavy (non-hydrogen) atoms. The number of aryl methyl sites for hydroxylation is 1. The summed E-state index contributed by atoms with van der Waals surface area (Å²) in [7, 11) is -4.15. The lowest BCUT2D eigenvalue weighted by Gasteiger charge is -2.11. The Morgan fingerprint density at radius 1 is 1.03 bits per heavy atom. The Morgan fingerprint density at radius 2 is 1.70 bits per heavy atom. The van der Waals surface area contributed by atoms with Gasteiger partial charge in [-0.25, -0.2) is 8.42 Å². The maximum atomic E-state index is 12.7. The monoisotopic (exact) mass is 481 g/mol. The second-order valence-electron chi connectivity index (χ2n) is 7.48. The van der Waals surface area contributed by atoms with E-state index in [1.54, 1.807) is 12.1 Å². The summed E-state index contributed by atoms with van der Waals surface area (Å²) >= 11 is 0. The van der Waals surface area contributed by atoms with Crippen molar-refractivity contribution in [3.05, 3.63) is 59.8 Å². The van der Waals surface area contributed by atoms with Crippen LogP contribution in [0.4, 0.5) is 18.9 Å². The Kier molecular flexibility index (Phi) is 6.82. The first kappa shape index (κ1) is 24.3. The van der Waals surface area contributed by atoms with Gasteiger partial charge >= 0.3 is 6.18 Å². The molecule has 1 heterocycles.